The van der Waals surface area contributed by atoms with Gasteiger partial charge in [-0.2, -0.15) is 0 Å². The van der Waals surface area contributed by atoms with Crippen LogP contribution in [0.3, 0.4) is 0 Å². The van der Waals surface area contributed by atoms with Crippen LogP contribution in [0.4, 0.5) is 5.13 Å². The molecular weight excluding hydrogens is 416 g/mol. The summed E-state index contributed by atoms with van der Waals surface area (Å²) in [5.74, 6) is 8.18. The lowest BCUT2D eigenvalue weighted by atomic mass is 9.88. The van der Waals surface area contributed by atoms with Crippen LogP contribution in [0.2, 0.25) is 0 Å². The van der Waals surface area contributed by atoms with E-state index in [0.717, 1.165) is 38.8 Å². The predicted molar refractivity (Wildman–Crippen MR) is 130 cm³/mol. The SMILES string of the molecule is COc1ccc(C(Cc2ccccc2OC)c2nc(N)sc2C#Cc2ccccc2)cc1. The quantitative estimate of drug-likeness (QED) is 0.401. The number of nitrogen functional groups attached to an aromatic ring is 1. The van der Waals surface area contributed by atoms with E-state index in [1.807, 2.05) is 60.7 Å². The average molecular weight is 441 g/mol. The minimum absolute atomic E-state index is 0.0363. The van der Waals surface area contributed by atoms with E-state index in [9.17, 15) is 0 Å². The molecule has 32 heavy (non-hydrogen) atoms. The zero-order valence-corrected chi connectivity index (χ0v) is 18.9. The number of hydrogen-bond donors (Lipinski definition) is 1. The lowest BCUT2D eigenvalue weighted by Crippen LogP contribution is -2.08. The number of para-hydroxylation sites is 1. The molecule has 0 saturated heterocycles. The molecule has 0 amide bonds. The number of benzene rings is 3. The fourth-order valence-electron chi connectivity index (χ4n) is 3.63. The summed E-state index contributed by atoms with van der Waals surface area (Å²) in [5, 5.41) is 0.510. The molecule has 5 heteroatoms. The van der Waals surface area contributed by atoms with Gasteiger partial charge in [0.25, 0.3) is 0 Å². The van der Waals surface area contributed by atoms with E-state index < -0.39 is 0 Å². The first-order chi connectivity index (χ1) is 15.7. The topological polar surface area (TPSA) is 57.4 Å². The number of nitrogens with zero attached hydrogens (tertiary/aromatic N) is 1. The second-order valence-electron chi connectivity index (χ2n) is 7.22. The van der Waals surface area contributed by atoms with Crippen molar-refractivity contribution in [2.45, 2.75) is 12.3 Å². The van der Waals surface area contributed by atoms with E-state index in [1.54, 1.807) is 14.2 Å². The van der Waals surface area contributed by atoms with Crippen molar-refractivity contribution in [1.29, 1.82) is 0 Å². The molecule has 4 rings (SSSR count). The van der Waals surface area contributed by atoms with Gasteiger partial charge in [0.05, 0.1) is 19.9 Å². The van der Waals surface area contributed by atoms with Gasteiger partial charge in [-0.05, 0) is 53.8 Å². The summed E-state index contributed by atoms with van der Waals surface area (Å²) >= 11 is 1.42. The number of methoxy groups -OCH3 is 2. The Labute approximate surface area is 192 Å². The van der Waals surface area contributed by atoms with Gasteiger partial charge in [-0.15, -0.1) is 0 Å². The first kappa shape index (κ1) is 21.5. The Bertz CT molecular complexity index is 1240. The van der Waals surface area contributed by atoms with Crippen LogP contribution < -0.4 is 15.2 Å². The Hall–Kier alpha value is -3.75. The molecule has 1 unspecified atom stereocenters. The van der Waals surface area contributed by atoms with Gasteiger partial charge in [0, 0.05) is 11.5 Å². The highest BCUT2D eigenvalue weighted by Gasteiger charge is 2.23. The third kappa shape index (κ3) is 4.93. The Morgan fingerprint density at radius 1 is 0.875 bits per heavy atom. The number of ether oxygens (including phenoxy) is 2. The highest BCUT2D eigenvalue weighted by Crippen LogP contribution is 2.36. The lowest BCUT2D eigenvalue weighted by molar-refractivity contribution is 0.408. The molecule has 0 radical (unpaired) electrons. The van der Waals surface area contributed by atoms with Crippen LogP contribution in [0.25, 0.3) is 0 Å². The average Bonchev–Trinajstić information content (AvgIpc) is 3.22. The summed E-state index contributed by atoms with van der Waals surface area (Å²) in [6, 6.07) is 26.1. The molecule has 1 heterocycles. The number of rotatable bonds is 6. The van der Waals surface area contributed by atoms with Gasteiger partial charge in [-0.25, -0.2) is 4.98 Å². The van der Waals surface area contributed by atoms with Crippen molar-refractivity contribution >= 4 is 16.5 Å². The van der Waals surface area contributed by atoms with Crippen LogP contribution in [0.1, 0.15) is 33.2 Å². The first-order valence-corrected chi connectivity index (χ1v) is 11.1. The Morgan fingerprint density at radius 2 is 1.59 bits per heavy atom. The second kappa shape index (κ2) is 10.0. The third-order valence-corrected chi connectivity index (χ3v) is 6.04. The fraction of sp³-hybridized carbons (Fsp3) is 0.148. The minimum atomic E-state index is -0.0363. The number of anilines is 1. The summed E-state index contributed by atoms with van der Waals surface area (Å²) in [4.78, 5) is 5.59. The highest BCUT2D eigenvalue weighted by atomic mass is 32.1. The maximum atomic E-state index is 6.15. The molecule has 0 fully saturated rings. The van der Waals surface area contributed by atoms with Crippen molar-refractivity contribution in [3.05, 3.63) is 106 Å². The number of thiazole rings is 1. The normalized spacial score (nSPS) is 11.3. The summed E-state index contributed by atoms with van der Waals surface area (Å²) in [6.45, 7) is 0. The van der Waals surface area contributed by atoms with Crippen LogP contribution in [-0.2, 0) is 6.42 Å². The van der Waals surface area contributed by atoms with E-state index >= 15 is 0 Å². The zero-order valence-electron chi connectivity index (χ0n) is 18.0. The van der Waals surface area contributed by atoms with E-state index in [0.29, 0.717) is 11.6 Å². The molecule has 0 aliphatic carbocycles. The van der Waals surface area contributed by atoms with Gasteiger partial charge in [0.15, 0.2) is 5.13 Å². The first-order valence-electron chi connectivity index (χ1n) is 10.3. The molecular formula is C27H24N2O2S. The van der Waals surface area contributed by atoms with E-state index in [1.165, 1.54) is 11.3 Å². The number of aromatic nitrogens is 1. The lowest BCUT2D eigenvalue weighted by Gasteiger charge is -2.18. The fourth-order valence-corrected chi connectivity index (χ4v) is 4.37. The number of nitrogens with two attached hydrogens (primary N) is 1. The Kier molecular flexibility index (Phi) is 6.74. The van der Waals surface area contributed by atoms with Gasteiger partial charge in [0.1, 0.15) is 16.4 Å². The largest absolute Gasteiger partial charge is 0.497 e. The van der Waals surface area contributed by atoms with Gasteiger partial charge < -0.3 is 15.2 Å². The third-order valence-electron chi connectivity index (χ3n) is 5.23. The molecule has 1 aromatic heterocycles. The Balaban J connectivity index is 1.79. The summed E-state index contributed by atoms with van der Waals surface area (Å²) in [7, 11) is 3.36. The van der Waals surface area contributed by atoms with Gasteiger partial charge in [-0.3, -0.25) is 0 Å². The molecule has 0 spiro atoms. The molecule has 1 atom stereocenters. The maximum absolute atomic E-state index is 6.15. The molecule has 0 bridgehead atoms. The van der Waals surface area contributed by atoms with Crippen molar-refractivity contribution in [1.82, 2.24) is 4.98 Å². The number of hydrogen-bond acceptors (Lipinski definition) is 5. The van der Waals surface area contributed by atoms with E-state index in [2.05, 4.69) is 30.0 Å². The van der Waals surface area contributed by atoms with E-state index in [-0.39, 0.29) is 5.92 Å². The van der Waals surface area contributed by atoms with Crippen molar-refractivity contribution in [3.63, 3.8) is 0 Å². The molecule has 3 aromatic carbocycles. The van der Waals surface area contributed by atoms with Crippen LogP contribution >= 0.6 is 11.3 Å². The van der Waals surface area contributed by atoms with Crippen molar-refractivity contribution < 1.29 is 9.47 Å². The van der Waals surface area contributed by atoms with Crippen LogP contribution in [0.15, 0.2) is 78.9 Å². The Morgan fingerprint density at radius 3 is 2.31 bits per heavy atom. The molecule has 4 nitrogen and oxygen atoms in total. The van der Waals surface area contributed by atoms with Crippen molar-refractivity contribution in [3.8, 4) is 23.3 Å². The predicted octanol–water partition coefficient (Wildman–Crippen LogP) is 5.52. The molecule has 160 valence electrons. The highest BCUT2D eigenvalue weighted by molar-refractivity contribution is 7.16. The monoisotopic (exact) mass is 440 g/mol. The maximum Gasteiger partial charge on any atom is 0.181 e. The standard InChI is InChI=1S/C27H24N2O2S/c1-30-22-15-13-20(14-16-22)23(18-21-10-6-7-11-24(21)31-2)26-25(32-27(28)29-26)17-12-19-8-4-3-5-9-19/h3-11,13-16,23H,18H2,1-2H3,(H2,28,29). The summed E-state index contributed by atoms with van der Waals surface area (Å²) in [6.07, 6.45) is 0.708. The van der Waals surface area contributed by atoms with Gasteiger partial charge in [0.2, 0.25) is 0 Å². The zero-order chi connectivity index (χ0) is 22.3. The smallest absolute Gasteiger partial charge is 0.181 e. The molecule has 0 saturated carbocycles. The van der Waals surface area contributed by atoms with Crippen LogP contribution in [0.5, 0.6) is 11.5 Å². The van der Waals surface area contributed by atoms with Gasteiger partial charge >= 0.3 is 0 Å². The summed E-state index contributed by atoms with van der Waals surface area (Å²) in [5.41, 5.74) is 10.2. The molecule has 0 aliphatic heterocycles. The van der Waals surface area contributed by atoms with Crippen molar-refractivity contribution in [2.75, 3.05) is 20.0 Å². The second-order valence-corrected chi connectivity index (χ2v) is 8.25. The molecule has 2 N–H and O–H groups in total. The molecule has 0 aliphatic rings. The van der Waals surface area contributed by atoms with Crippen molar-refractivity contribution in [2.24, 2.45) is 0 Å². The van der Waals surface area contributed by atoms with Gasteiger partial charge in [-0.1, -0.05) is 65.8 Å². The van der Waals surface area contributed by atoms with Crippen LogP contribution in [0, 0.1) is 11.8 Å². The van der Waals surface area contributed by atoms with Crippen LogP contribution in [-0.4, -0.2) is 19.2 Å². The molecule has 4 aromatic rings. The van der Waals surface area contributed by atoms with E-state index in [4.69, 9.17) is 20.2 Å². The minimum Gasteiger partial charge on any atom is -0.497 e. The summed E-state index contributed by atoms with van der Waals surface area (Å²) < 4.78 is 11.0.